The van der Waals surface area contributed by atoms with Gasteiger partial charge in [0.1, 0.15) is 0 Å². The monoisotopic (exact) mass is 214 g/mol. The molecule has 1 rings (SSSR count). The topological polar surface area (TPSA) is 20.2 Å². The number of benzene rings is 1. The Morgan fingerprint density at radius 2 is 1.93 bits per heavy atom. The first-order chi connectivity index (χ1) is 6.94. The molecular formula is C12H16F2O. The minimum atomic E-state index is -0.861. The highest BCUT2D eigenvalue weighted by Gasteiger charge is 2.20. The zero-order chi connectivity index (χ0) is 11.5. The summed E-state index contributed by atoms with van der Waals surface area (Å²) >= 11 is 0. The van der Waals surface area contributed by atoms with Crippen molar-refractivity contribution < 1.29 is 13.9 Å². The fraction of sp³-hybridized carbons (Fsp3) is 0.500. The van der Waals surface area contributed by atoms with Crippen LogP contribution in [0.3, 0.4) is 0 Å². The molecule has 1 N–H and O–H groups in total. The van der Waals surface area contributed by atoms with Gasteiger partial charge in [-0.25, -0.2) is 8.78 Å². The summed E-state index contributed by atoms with van der Waals surface area (Å²) in [6, 6.07) is 3.73. The number of halogens is 2. The van der Waals surface area contributed by atoms with E-state index in [-0.39, 0.29) is 0 Å². The highest BCUT2D eigenvalue weighted by molar-refractivity contribution is 5.19. The van der Waals surface area contributed by atoms with Crippen molar-refractivity contribution in [2.75, 3.05) is 0 Å². The molecule has 0 aliphatic heterocycles. The lowest BCUT2D eigenvalue weighted by molar-refractivity contribution is 0.0505. The first kappa shape index (κ1) is 12.1. The van der Waals surface area contributed by atoms with Gasteiger partial charge in [-0.3, -0.25) is 0 Å². The van der Waals surface area contributed by atoms with E-state index in [4.69, 9.17) is 0 Å². The minimum Gasteiger partial charge on any atom is -0.390 e. The maximum atomic E-state index is 12.9. The Morgan fingerprint density at radius 3 is 2.47 bits per heavy atom. The van der Waals surface area contributed by atoms with Crippen LogP contribution in [-0.2, 0) is 6.42 Å². The van der Waals surface area contributed by atoms with Crippen LogP contribution in [0.15, 0.2) is 18.2 Å². The molecule has 0 aromatic heterocycles. The molecule has 15 heavy (non-hydrogen) atoms. The largest absolute Gasteiger partial charge is 0.390 e. The van der Waals surface area contributed by atoms with Gasteiger partial charge in [0.25, 0.3) is 0 Å². The Morgan fingerprint density at radius 1 is 1.27 bits per heavy atom. The molecule has 1 nitrogen and oxygen atoms in total. The number of hydrogen-bond acceptors (Lipinski definition) is 1. The van der Waals surface area contributed by atoms with Crippen molar-refractivity contribution in [2.24, 2.45) is 0 Å². The molecule has 0 fully saturated rings. The summed E-state index contributed by atoms with van der Waals surface area (Å²) in [5, 5.41) is 9.91. The second-order valence-electron chi connectivity index (χ2n) is 4.17. The SMILES string of the molecule is CCCC(C)(O)Cc1ccc(F)c(F)c1. The van der Waals surface area contributed by atoms with E-state index < -0.39 is 17.2 Å². The predicted molar refractivity (Wildman–Crippen MR) is 55.6 cm³/mol. The molecule has 0 spiro atoms. The van der Waals surface area contributed by atoms with Crippen molar-refractivity contribution in [1.29, 1.82) is 0 Å². The van der Waals surface area contributed by atoms with Crippen LogP contribution >= 0.6 is 0 Å². The van der Waals surface area contributed by atoms with Gasteiger partial charge in [-0.15, -0.1) is 0 Å². The standard InChI is InChI=1S/C12H16F2O/c1-3-6-12(2,15)8-9-4-5-10(13)11(14)7-9/h4-5,7,15H,3,6,8H2,1-2H3. The van der Waals surface area contributed by atoms with Crippen molar-refractivity contribution in [1.82, 2.24) is 0 Å². The minimum absolute atomic E-state index is 0.345. The summed E-state index contributed by atoms with van der Waals surface area (Å²) in [7, 11) is 0. The molecule has 0 saturated carbocycles. The zero-order valence-corrected chi connectivity index (χ0v) is 9.06. The fourth-order valence-corrected chi connectivity index (χ4v) is 1.72. The van der Waals surface area contributed by atoms with E-state index in [1.54, 1.807) is 6.92 Å². The van der Waals surface area contributed by atoms with Crippen LogP contribution in [0.1, 0.15) is 32.3 Å². The molecule has 1 aromatic rings. The van der Waals surface area contributed by atoms with Crippen molar-refractivity contribution in [3.8, 4) is 0 Å². The summed E-state index contributed by atoms with van der Waals surface area (Å²) in [5.41, 5.74) is -0.230. The van der Waals surface area contributed by atoms with Crippen LogP contribution < -0.4 is 0 Å². The zero-order valence-electron chi connectivity index (χ0n) is 9.06. The first-order valence-electron chi connectivity index (χ1n) is 5.11. The third-order valence-electron chi connectivity index (χ3n) is 2.36. The van der Waals surface area contributed by atoms with E-state index in [0.29, 0.717) is 18.4 Å². The first-order valence-corrected chi connectivity index (χ1v) is 5.11. The van der Waals surface area contributed by atoms with Gasteiger partial charge in [-0.2, -0.15) is 0 Å². The Hall–Kier alpha value is -0.960. The third-order valence-corrected chi connectivity index (χ3v) is 2.36. The van der Waals surface area contributed by atoms with E-state index in [9.17, 15) is 13.9 Å². The Bertz CT molecular complexity index is 334. The highest BCUT2D eigenvalue weighted by Crippen LogP contribution is 2.19. The molecule has 0 aliphatic carbocycles. The second-order valence-corrected chi connectivity index (χ2v) is 4.17. The third kappa shape index (κ3) is 3.59. The molecule has 0 saturated heterocycles. The lowest BCUT2D eigenvalue weighted by Gasteiger charge is -2.22. The number of rotatable bonds is 4. The summed E-state index contributed by atoms with van der Waals surface area (Å²) in [6.45, 7) is 3.68. The summed E-state index contributed by atoms with van der Waals surface area (Å²) < 4.78 is 25.5. The van der Waals surface area contributed by atoms with Crippen molar-refractivity contribution in [3.63, 3.8) is 0 Å². The van der Waals surface area contributed by atoms with Crippen molar-refractivity contribution in [2.45, 2.75) is 38.7 Å². The highest BCUT2D eigenvalue weighted by atomic mass is 19.2. The van der Waals surface area contributed by atoms with Gasteiger partial charge in [0.15, 0.2) is 11.6 Å². The van der Waals surface area contributed by atoms with Gasteiger partial charge in [-0.1, -0.05) is 19.4 Å². The number of aliphatic hydroxyl groups is 1. The van der Waals surface area contributed by atoms with Crippen LogP contribution in [0.5, 0.6) is 0 Å². The summed E-state index contributed by atoms with van der Waals surface area (Å²) in [4.78, 5) is 0. The van der Waals surface area contributed by atoms with Gasteiger partial charge in [-0.05, 0) is 31.0 Å². The average Bonchev–Trinajstić information content (AvgIpc) is 2.10. The molecule has 0 amide bonds. The molecule has 0 aliphatic rings. The van der Waals surface area contributed by atoms with Crippen LogP contribution in [0, 0.1) is 11.6 Å². The van der Waals surface area contributed by atoms with Crippen LogP contribution in [0.4, 0.5) is 8.78 Å². The smallest absolute Gasteiger partial charge is 0.159 e. The van der Waals surface area contributed by atoms with E-state index in [1.165, 1.54) is 6.07 Å². The normalized spacial score (nSPS) is 15.0. The Kier molecular flexibility index (Phi) is 3.80. The van der Waals surface area contributed by atoms with Gasteiger partial charge < -0.3 is 5.11 Å². The maximum Gasteiger partial charge on any atom is 0.159 e. The van der Waals surface area contributed by atoms with Gasteiger partial charge >= 0.3 is 0 Å². The molecule has 3 heteroatoms. The van der Waals surface area contributed by atoms with Crippen molar-refractivity contribution in [3.05, 3.63) is 35.4 Å². The van der Waals surface area contributed by atoms with Gasteiger partial charge in [0.05, 0.1) is 5.60 Å². The maximum absolute atomic E-state index is 12.9. The van der Waals surface area contributed by atoms with Crippen LogP contribution in [0.25, 0.3) is 0 Å². The summed E-state index contributed by atoms with van der Waals surface area (Å²) in [5.74, 6) is -1.71. The van der Waals surface area contributed by atoms with Crippen LogP contribution in [0.2, 0.25) is 0 Å². The molecule has 1 unspecified atom stereocenters. The van der Waals surface area contributed by atoms with Crippen LogP contribution in [-0.4, -0.2) is 10.7 Å². The molecule has 1 aromatic carbocycles. The van der Waals surface area contributed by atoms with E-state index in [0.717, 1.165) is 18.6 Å². The van der Waals surface area contributed by atoms with Gasteiger partial charge in [0.2, 0.25) is 0 Å². The second kappa shape index (κ2) is 4.71. The Labute approximate surface area is 88.7 Å². The lowest BCUT2D eigenvalue weighted by atomic mass is 9.92. The average molecular weight is 214 g/mol. The molecule has 84 valence electrons. The Balaban J connectivity index is 2.76. The van der Waals surface area contributed by atoms with Crippen molar-refractivity contribution >= 4 is 0 Å². The molecule has 0 radical (unpaired) electrons. The quantitative estimate of drug-likeness (QED) is 0.816. The number of hydrogen-bond donors (Lipinski definition) is 1. The van der Waals surface area contributed by atoms with E-state index in [2.05, 4.69) is 0 Å². The lowest BCUT2D eigenvalue weighted by Crippen LogP contribution is -2.26. The molecular weight excluding hydrogens is 198 g/mol. The fourth-order valence-electron chi connectivity index (χ4n) is 1.72. The van der Waals surface area contributed by atoms with E-state index in [1.807, 2.05) is 6.92 Å². The molecule has 0 bridgehead atoms. The van der Waals surface area contributed by atoms with Gasteiger partial charge in [0, 0.05) is 6.42 Å². The molecule has 0 heterocycles. The van der Waals surface area contributed by atoms with E-state index >= 15 is 0 Å². The molecule has 1 atom stereocenters. The predicted octanol–water partition coefficient (Wildman–Crippen LogP) is 3.06. The summed E-state index contributed by atoms with van der Waals surface area (Å²) in [6.07, 6.45) is 1.85.